The van der Waals surface area contributed by atoms with Gasteiger partial charge in [0.25, 0.3) is 5.91 Å². The molecule has 0 bridgehead atoms. The van der Waals surface area contributed by atoms with E-state index >= 15 is 0 Å². The molecule has 3 rings (SSSR count). The normalized spacial score (nSPS) is 17.0. The highest BCUT2D eigenvalue weighted by Gasteiger charge is 2.17. The lowest BCUT2D eigenvalue weighted by atomic mass is 10.1. The van der Waals surface area contributed by atoms with Gasteiger partial charge >= 0.3 is 0 Å². The second-order valence-corrected chi connectivity index (χ2v) is 6.44. The Labute approximate surface area is 154 Å². The Bertz CT molecular complexity index is 709. The molecular weight excluding hydrogens is 330 g/mol. The van der Waals surface area contributed by atoms with E-state index in [-0.39, 0.29) is 5.91 Å². The van der Waals surface area contributed by atoms with Gasteiger partial charge in [0, 0.05) is 38.6 Å². The van der Waals surface area contributed by atoms with E-state index in [9.17, 15) is 4.79 Å². The summed E-state index contributed by atoms with van der Waals surface area (Å²) in [5.74, 6) is -0.154. The standard InChI is InChI=1S/C19H27N5O2/c1-26-12-10-21-17-7-3-2-5-15(17)13-22-19(25)18-8-11-24(23-18)16-6-4-9-20-14-16/h2-3,5,7-8,11,16,20-21H,4,6,9-10,12-14H2,1H3,(H,22,25). The van der Waals surface area contributed by atoms with Crippen LogP contribution in [-0.2, 0) is 11.3 Å². The van der Waals surface area contributed by atoms with Gasteiger partial charge in [0.05, 0.1) is 12.6 Å². The highest BCUT2D eigenvalue weighted by Crippen LogP contribution is 2.16. The van der Waals surface area contributed by atoms with Crippen molar-refractivity contribution in [2.75, 3.05) is 38.7 Å². The van der Waals surface area contributed by atoms with E-state index in [4.69, 9.17) is 4.74 Å². The van der Waals surface area contributed by atoms with E-state index in [2.05, 4.69) is 21.0 Å². The minimum atomic E-state index is -0.154. The van der Waals surface area contributed by atoms with Gasteiger partial charge in [0.1, 0.15) is 5.69 Å². The van der Waals surface area contributed by atoms with Crippen molar-refractivity contribution in [3.63, 3.8) is 0 Å². The Kier molecular flexibility index (Phi) is 6.62. The molecule has 1 amide bonds. The first-order valence-corrected chi connectivity index (χ1v) is 9.12. The van der Waals surface area contributed by atoms with Gasteiger partial charge in [0.15, 0.2) is 0 Å². The van der Waals surface area contributed by atoms with Crippen LogP contribution in [0, 0.1) is 0 Å². The van der Waals surface area contributed by atoms with Crippen molar-refractivity contribution < 1.29 is 9.53 Å². The molecule has 7 nitrogen and oxygen atoms in total. The first-order valence-electron chi connectivity index (χ1n) is 9.12. The molecule has 2 heterocycles. The predicted octanol–water partition coefficient (Wildman–Crippen LogP) is 1.80. The van der Waals surface area contributed by atoms with Crippen LogP contribution in [0.4, 0.5) is 5.69 Å². The van der Waals surface area contributed by atoms with Crippen LogP contribution in [0.2, 0.25) is 0 Å². The molecule has 1 aromatic heterocycles. The zero-order valence-corrected chi connectivity index (χ0v) is 15.2. The summed E-state index contributed by atoms with van der Waals surface area (Å²) >= 11 is 0. The smallest absolute Gasteiger partial charge is 0.272 e. The Morgan fingerprint density at radius 2 is 2.27 bits per heavy atom. The molecule has 26 heavy (non-hydrogen) atoms. The quantitative estimate of drug-likeness (QED) is 0.628. The van der Waals surface area contributed by atoms with Crippen LogP contribution < -0.4 is 16.0 Å². The molecule has 0 spiro atoms. The van der Waals surface area contributed by atoms with Crippen LogP contribution in [0.5, 0.6) is 0 Å². The zero-order valence-electron chi connectivity index (χ0n) is 15.2. The lowest BCUT2D eigenvalue weighted by Gasteiger charge is -2.22. The number of benzene rings is 1. The summed E-state index contributed by atoms with van der Waals surface area (Å²) in [6, 6.07) is 10.1. The van der Waals surface area contributed by atoms with Crippen LogP contribution >= 0.6 is 0 Å². The molecular formula is C19H27N5O2. The van der Waals surface area contributed by atoms with Crippen LogP contribution in [0.15, 0.2) is 36.5 Å². The summed E-state index contributed by atoms with van der Waals surface area (Å²) in [6.07, 6.45) is 4.13. The maximum atomic E-state index is 12.4. The minimum Gasteiger partial charge on any atom is -0.383 e. The van der Waals surface area contributed by atoms with Crippen LogP contribution in [-0.4, -0.2) is 49.0 Å². The Morgan fingerprint density at radius 1 is 1.38 bits per heavy atom. The molecule has 0 aliphatic carbocycles. The van der Waals surface area contributed by atoms with E-state index < -0.39 is 0 Å². The van der Waals surface area contributed by atoms with Gasteiger partial charge in [-0.1, -0.05) is 18.2 Å². The molecule has 7 heteroatoms. The number of nitrogens with zero attached hydrogens (tertiary/aromatic N) is 2. The van der Waals surface area contributed by atoms with Crippen LogP contribution in [0.1, 0.15) is 34.9 Å². The van der Waals surface area contributed by atoms with Gasteiger partial charge < -0.3 is 20.7 Å². The molecule has 1 atom stereocenters. The van der Waals surface area contributed by atoms with Gasteiger partial charge in [-0.25, -0.2) is 0 Å². The maximum absolute atomic E-state index is 12.4. The minimum absolute atomic E-state index is 0.154. The molecule has 1 unspecified atom stereocenters. The number of aromatic nitrogens is 2. The van der Waals surface area contributed by atoms with Crippen molar-refractivity contribution in [3.8, 4) is 0 Å². The van der Waals surface area contributed by atoms with Gasteiger partial charge in [-0.05, 0) is 37.1 Å². The number of amides is 1. The lowest BCUT2D eigenvalue weighted by Crippen LogP contribution is -2.32. The number of hydrogen-bond acceptors (Lipinski definition) is 5. The van der Waals surface area contributed by atoms with E-state index in [0.29, 0.717) is 24.9 Å². The molecule has 1 fully saturated rings. The Balaban J connectivity index is 1.56. The number of para-hydroxylation sites is 1. The molecule has 2 aromatic rings. The number of hydrogen-bond donors (Lipinski definition) is 3. The number of nitrogens with one attached hydrogen (secondary N) is 3. The molecule has 0 radical (unpaired) electrons. The van der Waals surface area contributed by atoms with Gasteiger partial charge in [-0.2, -0.15) is 5.10 Å². The molecule has 1 aliphatic heterocycles. The van der Waals surface area contributed by atoms with Crippen molar-refractivity contribution in [1.82, 2.24) is 20.4 Å². The summed E-state index contributed by atoms with van der Waals surface area (Å²) in [6.45, 7) is 3.77. The number of rotatable bonds is 8. The van der Waals surface area contributed by atoms with Gasteiger partial charge in [-0.15, -0.1) is 0 Å². The molecule has 140 valence electrons. The molecule has 3 N–H and O–H groups in total. The first-order chi connectivity index (χ1) is 12.8. The summed E-state index contributed by atoms with van der Waals surface area (Å²) < 4.78 is 6.97. The monoisotopic (exact) mass is 357 g/mol. The van der Waals surface area contributed by atoms with Crippen molar-refractivity contribution in [1.29, 1.82) is 0 Å². The first kappa shape index (κ1) is 18.4. The van der Waals surface area contributed by atoms with E-state index in [1.54, 1.807) is 13.2 Å². The summed E-state index contributed by atoms with van der Waals surface area (Å²) in [5.41, 5.74) is 2.50. The van der Waals surface area contributed by atoms with Gasteiger partial charge in [0.2, 0.25) is 0 Å². The van der Waals surface area contributed by atoms with Crippen molar-refractivity contribution in [2.45, 2.75) is 25.4 Å². The van der Waals surface area contributed by atoms with Gasteiger partial charge in [-0.3, -0.25) is 9.48 Å². The van der Waals surface area contributed by atoms with Crippen molar-refractivity contribution in [2.24, 2.45) is 0 Å². The Hall–Kier alpha value is -2.38. The second-order valence-electron chi connectivity index (χ2n) is 6.44. The van der Waals surface area contributed by atoms with E-state index in [0.717, 1.165) is 43.7 Å². The number of anilines is 1. The molecule has 1 aromatic carbocycles. The van der Waals surface area contributed by atoms with E-state index in [1.807, 2.05) is 35.1 Å². The number of ether oxygens (including phenoxy) is 1. The maximum Gasteiger partial charge on any atom is 0.272 e. The number of carbonyl (C=O) groups excluding carboxylic acids is 1. The van der Waals surface area contributed by atoms with Crippen molar-refractivity contribution >= 4 is 11.6 Å². The average Bonchev–Trinajstić information content (AvgIpc) is 3.18. The number of methoxy groups -OCH3 is 1. The van der Waals surface area contributed by atoms with Crippen LogP contribution in [0.3, 0.4) is 0 Å². The third kappa shape index (κ3) is 4.83. The number of piperidine rings is 1. The SMILES string of the molecule is COCCNc1ccccc1CNC(=O)c1ccn(C2CCCNC2)n1. The van der Waals surface area contributed by atoms with Crippen LogP contribution in [0.25, 0.3) is 0 Å². The third-order valence-electron chi connectivity index (χ3n) is 4.56. The summed E-state index contributed by atoms with van der Waals surface area (Å²) in [4.78, 5) is 12.4. The Morgan fingerprint density at radius 3 is 3.08 bits per heavy atom. The predicted molar refractivity (Wildman–Crippen MR) is 101 cm³/mol. The van der Waals surface area contributed by atoms with E-state index in [1.165, 1.54) is 0 Å². The molecule has 1 aliphatic rings. The molecule has 1 saturated heterocycles. The summed E-state index contributed by atoms with van der Waals surface area (Å²) in [7, 11) is 1.68. The average molecular weight is 357 g/mol. The highest BCUT2D eigenvalue weighted by molar-refractivity contribution is 5.92. The zero-order chi connectivity index (χ0) is 18.2. The third-order valence-corrected chi connectivity index (χ3v) is 4.56. The highest BCUT2D eigenvalue weighted by atomic mass is 16.5. The molecule has 0 saturated carbocycles. The fourth-order valence-electron chi connectivity index (χ4n) is 3.12. The topological polar surface area (TPSA) is 80.2 Å². The fraction of sp³-hybridized carbons (Fsp3) is 0.474. The summed E-state index contributed by atoms with van der Waals surface area (Å²) in [5, 5.41) is 14.1. The fourth-order valence-corrected chi connectivity index (χ4v) is 3.12. The number of carbonyl (C=O) groups is 1. The largest absolute Gasteiger partial charge is 0.383 e. The second kappa shape index (κ2) is 9.35. The lowest BCUT2D eigenvalue weighted by molar-refractivity contribution is 0.0944. The van der Waals surface area contributed by atoms with Crippen molar-refractivity contribution in [3.05, 3.63) is 47.8 Å².